The lowest BCUT2D eigenvalue weighted by Gasteiger charge is -2.20. The fourth-order valence-corrected chi connectivity index (χ4v) is 3.86. The Bertz CT molecular complexity index is 1250. The molecule has 0 amide bonds. The highest BCUT2D eigenvalue weighted by Gasteiger charge is 2.25. The van der Waals surface area contributed by atoms with Gasteiger partial charge in [0.25, 0.3) is 0 Å². The average Bonchev–Trinajstić information content (AvgIpc) is 2.92. The molecule has 3 heterocycles. The van der Waals surface area contributed by atoms with Crippen molar-refractivity contribution in [3.05, 3.63) is 46.9 Å². The van der Waals surface area contributed by atoms with Gasteiger partial charge in [0.05, 0.1) is 16.7 Å². The van der Waals surface area contributed by atoms with Gasteiger partial charge in [-0.2, -0.15) is 0 Å². The summed E-state index contributed by atoms with van der Waals surface area (Å²) in [6, 6.07) is 5.44. The molecule has 7 nitrogen and oxygen atoms in total. The molecule has 7 heteroatoms. The number of rotatable bonds is 2. The Morgan fingerprint density at radius 3 is 2.46 bits per heavy atom. The number of hydrogen-bond acceptors (Lipinski definition) is 6. The van der Waals surface area contributed by atoms with Crippen molar-refractivity contribution in [2.75, 3.05) is 5.73 Å². The lowest BCUT2D eigenvalue weighted by Crippen LogP contribution is -2.18. The minimum absolute atomic E-state index is 0.197. The highest BCUT2D eigenvalue weighted by molar-refractivity contribution is 6.11. The number of nitrogen functional groups attached to an aromatic ring is 1. The third-order valence-corrected chi connectivity index (χ3v) is 5.23. The molecule has 144 valence electrons. The van der Waals surface area contributed by atoms with Gasteiger partial charge >= 0.3 is 0 Å². The average molecular weight is 377 g/mol. The molecule has 0 aliphatic carbocycles. The standard InChI is InChI=1S/C21H23N5O2/c1-10-6-7-15(27)11(2)17(10)26-19-13(16-18(22)23-9-24-20(16)26)8-14(12(3)25-19)21(4,5)28/h6-9,27-28H,1-5H3,(H2,22,23,24). The minimum Gasteiger partial charge on any atom is -0.508 e. The van der Waals surface area contributed by atoms with E-state index < -0.39 is 5.60 Å². The maximum atomic E-state index is 10.6. The Labute approximate surface area is 162 Å². The van der Waals surface area contributed by atoms with Gasteiger partial charge in [0.1, 0.15) is 23.5 Å². The topological polar surface area (TPSA) is 110 Å². The largest absolute Gasteiger partial charge is 0.508 e. The molecule has 0 fully saturated rings. The van der Waals surface area contributed by atoms with Crippen molar-refractivity contribution in [1.29, 1.82) is 0 Å². The van der Waals surface area contributed by atoms with Crippen molar-refractivity contribution in [2.45, 2.75) is 40.2 Å². The van der Waals surface area contributed by atoms with Gasteiger partial charge in [-0.1, -0.05) is 6.07 Å². The van der Waals surface area contributed by atoms with Crippen molar-refractivity contribution >= 4 is 27.9 Å². The van der Waals surface area contributed by atoms with Crippen LogP contribution in [0.5, 0.6) is 5.75 Å². The molecule has 0 bridgehead atoms. The first-order valence-corrected chi connectivity index (χ1v) is 9.06. The van der Waals surface area contributed by atoms with Gasteiger partial charge in [0, 0.05) is 22.2 Å². The lowest BCUT2D eigenvalue weighted by atomic mass is 9.96. The SMILES string of the molecule is Cc1ccc(O)c(C)c1-n1c2nc(C)c(C(C)(C)O)cc2c2c(N)ncnc21. The smallest absolute Gasteiger partial charge is 0.152 e. The van der Waals surface area contributed by atoms with E-state index in [0.29, 0.717) is 33.8 Å². The number of aryl methyl sites for hydroxylation is 2. The number of nitrogens with zero attached hydrogens (tertiary/aromatic N) is 4. The Hall–Kier alpha value is -3.19. The maximum absolute atomic E-state index is 10.6. The van der Waals surface area contributed by atoms with Crippen LogP contribution < -0.4 is 5.73 Å². The molecule has 28 heavy (non-hydrogen) atoms. The normalized spacial score (nSPS) is 12.2. The van der Waals surface area contributed by atoms with E-state index in [0.717, 1.165) is 22.2 Å². The van der Waals surface area contributed by atoms with Crippen LogP contribution in [0.25, 0.3) is 27.8 Å². The summed E-state index contributed by atoms with van der Waals surface area (Å²) >= 11 is 0. The number of phenols is 1. The van der Waals surface area contributed by atoms with Crippen LogP contribution in [0.3, 0.4) is 0 Å². The number of phenolic OH excluding ortho intramolecular Hbond substituents is 1. The highest BCUT2D eigenvalue weighted by Crippen LogP contribution is 2.38. The van der Waals surface area contributed by atoms with Gasteiger partial charge in [-0.3, -0.25) is 4.57 Å². The van der Waals surface area contributed by atoms with Crippen LogP contribution in [0.15, 0.2) is 24.5 Å². The van der Waals surface area contributed by atoms with Gasteiger partial charge in [-0.15, -0.1) is 0 Å². The molecular formula is C21H23N5O2. The van der Waals surface area contributed by atoms with E-state index in [1.54, 1.807) is 19.9 Å². The lowest BCUT2D eigenvalue weighted by molar-refractivity contribution is 0.0777. The monoisotopic (exact) mass is 377 g/mol. The molecule has 0 atom stereocenters. The fraction of sp³-hybridized carbons (Fsp3) is 0.286. The number of nitrogens with two attached hydrogens (primary N) is 1. The molecule has 4 aromatic rings. The van der Waals surface area contributed by atoms with Crippen LogP contribution in [0.2, 0.25) is 0 Å². The molecule has 0 spiro atoms. The Balaban J connectivity index is 2.26. The summed E-state index contributed by atoms with van der Waals surface area (Å²) in [5.74, 6) is 0.541. The second-order valence-corrected chi connectivity index (χ2v) is 7.72. The van der Waals surface area contributed by atoms with Crippen molar-refractivity contribution < 1.29 is 10.2 Å². The summed E-state index contributed by atoms with van der Waals surface area (Å²) < 4.78 is 1.91. The summed E-state index contributed by atoms with van der Waals surface area (Å²) in [5.41, 5.74) is 10.4. The zero-order valence-electron chi connectivity index (χ0n) is 16.6. The van der Waals surface area contributed by atoms with E-state index in [1.165, 1.54) is 6.33 Å². The van der Waals surface area contributed by atoms with E-state index >= 15 is 0 Å². The number of aromatic nitrogens is 4. The number of hydrogen-bond donors (Lipinski definition) is 3. The van der Waals surface area contributed by atoms with E-state index in [2.05, 4.69) is 9.97 Å². The summed E-state index contributed by atoms with van der Waals surface area (Å²) in [5, 5.41) is 22.3. The third-order valence-electron chi connectivity index (χ3n) is 5.23. The van der Waals surface area contributed by atoms with E-state index in [4.69, 9.17) is 10.7 Å². The van der Waals surface area contributed by atoms with Gasteiger partial charge in [-0.05, 0) is 52.3 Å². The van der Waals surface area contributed by atoms with Crippen LogP contribution >= 0.6 is 0 Å². The zero-order chi connectivity index (χ0) is 20.4. The van der Waals surface area contributed by atoms with E-state index in [9.17, 15) is 10.2 Å². The van der Waals surface area contributed by atoms with Crippen LogP contribution in [0.1, 0.15) is 36.2 Å². The number of fused-ring (bicyclic) bond motifs is 3. The zero-order valence-corrected chi connectivity index (χ0v) is 16.6. The number of benzene rings is 1. The van der Waals surface area contributed by atoms with Crippen LogP contribution in [0, 0.1) is 20.8 Å². The quantitative estimate of drug-likeness (QED) is 0.494. The van der Waals surface area contributed by atoms with Gasteiger partial charge in [0.15, 0.2) is 5.65 Å². The summed E-state index contributed by atoms with van der Waals surface area (Å²) in [7, 11) is 0. The molecule has 0 unspecified atom stereocenters. The molecule has 0 aliphatic rings. The molecule has 4 rings (SSSR count). The number of anilines is 1. The number of aromatic hydroxyl groups is 1. The predicted octanol–water partition coefficient (Wildman–Crippen LogP) is 3.41. The molecule has 3 aromatic heterocycles. The Kier molecular flexibility index (Phi) is 3.83. The molecule has 1 aromatic carbocycles. The molecular weight excluding hydrogens is 354 g/mol. The van der Waals surface area contributed by atoms with Crippen molar-refractivity contribution in [3.8, 4) is 11.4 Å². The van der Waals surface area contributed by atoms with Crippen molar-refractivity contribution in [3.63, 3.8) is 0 Å². The van der Waals surface area contributed by atoms with Crippen molar-refractivity contribution in [2.24, 2.45) is 0 Å². The maximum Gasteiger partial charge on any atom is 0.152 e. The summed E-state index contributed by atoms with van der Waals surface area (Å²) in [6.07, 6.45) is 1.42. The van der Waals surface area contributed by atoms with E-state index in [-0.39, 0.29) is 5.75 Å². The van der Waals surface area contributed by atoms with Gasteiger partial charge < -0.3 is 15.9 Å². The highest BCUT2D eigenvalue weighted by atomic mass is 16.3. The number of aliphatic hydroxyl groups is 1. The minimum atomic E-state index is -1.05. The first-order chi connectivity index (χ1) is 13.1. The Morgan fingerprint density at radius 2 is 1.79 bits per heavy atom. The van der Waals surface area contributed by atoms with Crippen molar-refractivity contribution in [1.82, 2.24) is 19.5 Å². The van der Waals surface area contributed by atoms with Gasteiger partial charge in [0.2, 0.25) is 0 Å². The van der Waals surface area contributed by atoms with Crippen LogP contribution in [0.4, 0.5) is 5.82 Å². The summed E-state index contributed by atoms with van der Waals surface area (Å²) in [4.78, 5) is 13.4. The predicted molar refractivity (Wildman–Crippen MR) is 110 cm³/mol. The molecule has 0 aliphatic heterocycles. The molecule has 0 saturated carbocycles. The number of pyridine rings is 1. The van der Waals surface area contributed by atoms with Gasteiger partial charge in [-0.25, -0.2) is 15.0 Å². The van der Waals surface area contributed by atoms with Crippen LogP contribution in [-0.2, 0) is 5.60 Å². The second-order valence-electron chi connectivity index (χ2n) is 7.72. The summed E-state index contributed by atoms with van der Waals surface area (Å²) in [6.45, 7) is 9.16. The molecule has 0 saturated heterocycles. The fourth-order valence-electron chi connectivity index (χ4n) is 3.86. The van der Waals surface area contributed by atoms with Crippen LogP contribution in [-0.4, -0.2) is 29.7 Å². The van der Waals surface area contributed by atoms with E-state index in [1.807, 2.05) is 37.5 Å². The molecule has 0 radical (unpaired) electrons. The first-order valence-electron chi connectivity index (χ1n) is 9.06. The Morgan fingerprint density at radius 1 is 1.07 bits per heavy atom. The third kappa shape index (κ3) is 2.51. The first kappa shape index (κ1) is 18.2. The second kappa shape index (κ2) is 5.90. The molecule has 4 N–H and O–H groups in total.